The van der Waals surface area contributed by atoms with E-state index in [4.69, 9.17) is 0 Å². The number of H-pyrrole nitrogens is 1. The molecule has 0 saturated heterocycles. The fourth-order valence-corrected chi connectivity index (χ4v) is 4.35. The number of fused-ring (bicyclic) bond motifs is 1. The van der Waals surface area contributed by atoms with Crippen molar-refractivity contribution in [1.29, 1.82) is 0 Å². The van der Waals surface area contributed by atoms with Crippen LogP contribution in [0.2, 0.25) is 0 Å². The summed E-state index contributed by atoms with van der Waals surface area (Å²) in [5.41, 5.74) is -0.429. The van der Waals surface area contributed by atoms with E-state index >= 15 is 0 Å². The number of nitrogens with one attached hydrogen (secondary N) is 1. The molecule has 2 heterocycles. The van der Waals surface area contributed by atoms with Crippen molar-refractivity contribution in [3.63, 3.8) is 0 Å². The molecule has 4 nitrogen and oxygen atoms in total. The molecule has 1 unspecified atom stereocenters. The van der Waals surface area contributed by atoms with Gasteiger partial charge in [-0.3, -0.25) is 0 Å². The van der Waals surface area contributed by atoms with Crippen LogP contribution in [0.5, 0.6) is 0 Å². The standard InChI is InChI=1S/C24H21F6N3O/c1-2-33-21(8-7-14-9-16(23(25,26)27)12-17(10-14)24(28,29)30)20(32-22(33)34)11-15-13-31-19-6-4-3-5-18(15)19/h3-6,9-10,12-13,21,31H,2,7-8,11H2,1H3. The summed E-state index contributed by atoms with van der Waals surface area (Å²) in [7, 11) is 0. The minimum Gasteiger partial charge on any atom is -0.361 e. The predicted octanol–water partition coefficient (Wildman–Crippen LogP) is 6.65. The van der Waals surface area contributed by atoms with E-state index in [1.165, 1.54) is 4.90 Å². The van der Waals surface area contributed by atoms with Crippen LogP contribution in [-0.4, -0.2) is 34.2 Å². The van der Waals surface area contributed by atoms with Crippen LogP contribution in [-0.2, 0) is 25.2 Å². The van der Waals surface area contributed by atoms with Crippen LogP contribution in [0.4, 0.5) is 31.1 Å². The zero-order valence-corrected chi connectivity index (χ0v) is 18.1. The van der Waals surface area contributed by atoms with Crippen LogP contribution in [0.1, 0.15) is 35.6 Å². The summed E-state index contributed by atoms with van der Waals surface area (Å²) in [6.07, 6.45) is -7.58. The smallest absolute Gasteiger partial charge is 0.361 e. The molecule has 1 aromatic heterocycles. The maximum absolute atomic E-state index is 13.2. The number of benzene rings is 2. The van der Waals surface area contributed by atoms with E-state index in [1.807, 2.05) is 30.5 Å². The molecule has 2 aromatic carbocycles. The van der Waals surface area contributed by atoms with Crippen molar-refractivity contribution in [3.05, 3.63) is 70.9 Å². The highest BCUT2D eigenvalue weighted by Gasteiger charge is 2.38. The summed E-state index contributed by atoms with van der Waals surface area (Å²) in [5, 5.41) is 0.957. The van der Waals surface area contributed by atoms with Crippen molar-refractivity contribution in [2.24, 2.45) is 4.99 Å². The molecule has 4 rings (SSSR count). The van der Waals surface area contributed by atoms with Gasteiger partial charge in [-0.2, -0.15) is 26.3 Å². The molecule has 0 saturated carbocycles. The zero-order valence-electron chi connectivity index (χ0n) is 18.1. The molecule has 1 N–H and O–H groups in total. The van der Waals surface area contributed by atoms with Gasteiger partial charge in [-0.1, -0.05) is 18.2 Å². The Bertz CT molecular complexity index is 1210. The third-order valence-electron chi connectivity index (χ3n) is 5.99. The Morgan fingerprint density at radius 1 is 1.00 bits per heavy atom. The van der Waals surface area contributed by atoms with Crippen molar-refractivity contribution in [1.82, 2.24) is 9.88 Å². The van der Waals surface area contributed by atoms with Gasteiger partial charge in [0.15, 0.2) is 0 Å². The van der Waals surface area contributed by atoms with E-state index in [9.17, 15) is 31.1 Å². The van der Waals surface area contributed by atoms with Crippen LogP contribution in [0, 0.1) is 0 Å². The number of aromatic amines is 1. The highest BCUT2D eigenvalue weighted by atomic mass is 19.4. The molecule has 180 valence electrons. The number of aryl methyl sites for hydroxylation is 1. The molecule has 0 fully saturated rings. The number of hydrogen-bond donors (Lipinski definition) is 1. The summed E-state index contributed by atoms with van der Waals surface area (Å²) < 4.78 is 79.2. The average Bonchev–Trinajstić information content (AvgIpc) is 3.31. The first kappa shape index (κ1) is 23.8. The Morgan fingerprint density at radius 3 is 2.26 bits per heavy atom. The molecule has 0 bridgehead atoms. The molecule has 1 atom stereocenters. The largest absolute Gasteiger partial charge is 0.416 e. The Morgan fingerprint density at radius 2 is 1.65 bits per heavy atom. The number of halogens is 6. The Balaban J connectivity index is 1.60. The number of carbonyl (C=O) groups is 1. The Labute approximate surface area is 191 Å². The van der Waals surface area contributed by atoms with Crippen molar-refractivity contribution >= 4 is 22.6 Å². The lowest BCUT2D eigenvalue weighted by atomic mass is 9.95. The lowest BCUT2D eigenvalue weighted by molar-refractivity contribution is -0.143. The van der Waals surface area contributed by atoms with Gasteiger partial charge in [0.2, 0.25) is 0 Å². The van der Waals surface area contributed by atoms with Crippen LogP contribution in [0.3, 0.4) is 0 Å². The number of rotatable bonds is 6. The third-order valence-corrected chi connectivity index (χ3v) is 5.99. The summed E-state index contributed by atoms with van der Waals surface area (Å²) >= 11 is 0. The SMILES string of the molecule is CCN1C(=O)N=C(Cc2c[nH]c3ccccc23)C1CCc1cc(C(F)(F)F)cc(C(F)(F)F)c1. The monoisotopic (exact) mass is 481 g/mol. The summed E-state index contributed by atoms with van der Waals surface area (Å²) in [6.45, 7) is 2.07. The first-order valence-corrected chi connectivity index (χ1v) is 10.7. The van der Waals surface area contributed by atoms with Crippen LogP contribution in [0.15, 0.2) is 53.7 Å². The molecule has 10 heteroatoms. The average molecular weight is 481 g/mol. The van der Waals surface area contributed by atoms with Crippen LogP contribution in [0.25, 0.3) is 10.9 Å². The summed E-state index contributed by atoms with van der Waals surface area (Å²) in [5.74, 6) is 0. The number of urea groups is 1. The van der Waals surface area contributed by atoms with Crippen molar-refractivity contribution in [2.75, 3.05) is 6.54 Å². The number of aliphatic imine (C=N–C) groups is 1. The van der Waals surface area contributed by atoms with Gasteiger partial charge in [0.05, 0.1) is 22.9 Å². The zero-order chi connectivity index (χ0) is 24.7. The van der Waals surface area contributed by atoms with Crippen LogP contribution < -0.4 is 0 Å². The number of amides is 2. The highest BCUT2D eigenvalue weighted by molar-refractivity contribution is 6.06. The molecule has 0 aliphatic carbocycles. The van der Waals surface area contributed by atoms with Gasteiger partial charge in [0.25, 0.3) is 0 Å². The molecule has 0 radical (unpaired) electrons. The number of aromatic nitrogens is 1. The second kappa shape index (κ2) is 8.81. The molecular formula is C24H21F6N3O. The predicted molar refractivity (Wildman–Crippen MR) is 116 cm³/mol. The fourth-order valence-electron chi connectivity index (χ4n) is 4.35. The number of nitrogens with zero attached hydrogens (tertiary/aromatic N) is 2. The normalized spacial score (nSPS) is 17.0. The summed E-state index contributed by atoms with van der Waals surface area (Å²) in [4.78, 5) is 21.2. The number of alkyl halides is 6. The number of hydrogen-bond acceptors (Lipinski definition) is 1. The van der Waals surface area contributed by atoms with Gasteiger partial charge in [-0.25, -0.2) is 9.79 Å². The molecule has 1 aliphatic rings. The lowest BCUT2D eigenvalue weighted by Gasteiger charge is -2.24. The van der Waals surface area contributed by atoms with Gasteiger partial charge < -0.3 is 9.88 Å². The third kappa shape index (κ3) is 4.80. The van der Waals surface area contributed by atoms with Gasteiger partial charge in [0.1, 0.15) is 0 Å². The van der Waals surface area contributed by atoms with Gasteiger partial charge >= 0.3 is 18.4 Å². The van der Waals surface area contributed by atoms with Crippen molar-refractivity contribution < 1.29 is 31.1 Å². The molecular weight excluding hydrogens is 460 g/mol. The molecule has 0 spiro atoms. The minimum atomic E-state index is -4.91. The minimum absolute atomic E-state index is 0.0750. The topological polar surface area (TPSA) is 48.5 Å². The number of carbonyl (C=O) groups excluding carboxylic acids is 1. The van der Waals surface area contributed by atoms with Crippen molar-refractivity contribution in [3.8, 4) is 0 Å². The van der Waals surface area contributed by atoms with Gasteiger partial charge in [0, 0.05) is 30.1 Å². The van der Waals surface area contributed by atoms with E-state index in [1.54, 1.807) is 6.92 Å². The first-order chi connectivity index (χ1) is 16.0. The fraction of sp³-hybridized carbons (Fsp3) is 0.333. The quantitative estimate of drug-likeness (QED) is 0.394. The van der Waals surface area contributed by atoms with Gasteiger partial charge in [-0.15, -0.1) is 0 Å². The van der Waals surface area contributed by atoms with E-state index in [-0.39, 0.29) is 24.5 Å². The Hall–Kier alpha value is -3.30. The highest BCUT2D eigenvalue weighted by Crippen LogP contribution is 2.37. The van der Waals surface area contributed by atoms with Crippen LogP contribution >= 0.6 is 0 Å². The summed E-state index contributed by atoms with van der Waals surface area (Å²) in [6, 6.07) is 8.20. The molecule has 34 heavy (non-hydrogen) atoms. The van der Waals surface area contributed by atoms with E-state index < -0.39 is 35.6 Å². The molecule has 3 aromatic rings. The maximum Gasteiger partial charge on any atom is 0.416 e. The first-order valence-electron chi connectivity index (χ1n) is 10.7. The van der Waals surface area contributed by atoms with Crippen molar-refractivity contribution in [2.45, 2.75) is 44.6 Å². The van der Waals surface area contributed by atoms with E-state index in [0.717, 1.165) is 28.6 Å². The van der Waals surface area contributed by atoms with E-state index in [0.29, 0.717) is 18.7 Å². The number of para-hydroxylation sites is 1. The van der Waals surface area contributed by atoms with E-state index in [2.05, 4.69) is 9.98 Å². The Kier molecular flexibility index (Phi) is 6.18. The lowest BCUT2D eigenvalue weighted by Crippen LogP contribution is -2.38. The second-order valence-electron chi connectivity index (χ2n) is 8.18. The molecule has 1 aliphatic heterocycles. The maximum atomic E-state index is 13.2. The second-order valence-corrected chi connectivity index (χ2v) is 8.18. The van der Waals surface area contributed by atoms with Gasteiger partial charge in [-0.05, 0) is 55.2 Å². The molecule has 2 amide bonds.